The molecule has 0 heterocycles. The molecular weight excluding hydrogens is 240 g/mol. The predicted octanol–water partition coefficient (Wildman–Crippen LogP) is 3.61. The Balaban J connectivity index is 2.53. The minimum atomic E-state index is 0.210. The standard InChI is InChI=1S/C12H15BrO/c1-2-10(9-14)7-8-11-5-3-4-6-12(11)13/h3-6,9-10H,2,7-8H2,1H3. The number of aryl methyl sites for hydroxylation is 1. The lowest BCUT2D eigenvalue weighted by Crippen LogP contribution is -2.02. The predicted molar refractivity (Wildman–Crippen MR) is 62.3 cm³/mol. The zero-order valence-corrected chi connectivity index (χ0v) is 9.96. The van der Waals surface area contributed by atoms with Crippen LogP contribution in [0.4, 0.5) is 0 Å². The van der Waals surface area contributed by atoms with Gasteiger partial charge in [0.2, 0.25) is 0 Å². The van der Waals surface area contributed by atoms with Crippen LogP contribution in [-0.2, 0) is 11.2 Å². The van der Waals surface area contributed by atoms with Crippen molar-refractivity contribution in [3.05, 3.63) is 34.3 Å². The van der Waals surface area contributed by atoms with Crippen LogP contribution in [-0.4, -0.2) is 6.29 Å². The highest BCUT2D eigenvalue weighted by Crippen LogP contribution is 2.19. The first-order valence-electron chi connectivity index (χ1n) is 4.96. The maximum absolute atomic E-state index is 10.6. The molecule has 0 radical (unpaired) electrons. The van der Waals surface area contributed by atoms with Crippen LogP contribution >= 0.6 is 15.9 Å². The fourth-order valence-corrected chi connectivity index (χ4v) is 1.89. The topological polar surface area (TPSA) is 17.1 Å². The Bertz CT molecular complexity index is 296. The van der Waals surface area contributed by atoms with Crippen LogP contribution in [0.1, 0.15) is 25.3 Å². The van der Waals surface area contributed by atoms with Crippen LogP contribution < -0.4 is 0 Å². The van der Waals surface area contributed by atoms with Gasteiger partial charge in [0.05, 0.1) is 0 Å². The molecule has 1 aromatic rings. The molecule has 0 aliphatic rings. The summed E-state index contributed by atoms with van der Waals surface area (Å²) < 4.78 is 1.14. The number of halogens is 1. The molecule has 2 heteroatoms. The maximum atomic E-state index is 10.6. The van der Waals surface area contributed by atoms with Crippen molar-refractivity contribution in [1.29, 1.82) is 0 Å². The van der Waals surface area contributed by atoms with Crippen molar-refractivity contribution in [2.24, 2.45) is 5.92 Å². The molecule has 0 fully saturated rings. The second-order valence-corrected chi connectivity index (χ2v) is 4.29. The summed E-state index contributed by atoms with van der Waals surface area (Å²) in [5, 5.41) is 0. The summed E-state index contributed by atoms with van der Waals surface area (Å²) in [7, 11) is 0. The second kappa shape index (κ2) is 5.97. The molecule has 0 saturated heterocycles. The molecule has 0 aliphatic heterocycles. The van der Waals surface area contributed by atoms with Gasteiger partial charge in [-0.2, -0.15) is 0 Å². The Morgan fingerprint density at radius 1 is 1.43 bits per heavy atom. The molecule has 0 bridgehead atoms. The van der Waals surface area contributed by atoms with Crippen molar-refractivity contribution in [3.63, 3.8) is 0 Å². The van der Waals surface area contributed by atoms with Gasteiger partial charge in [0, 0.05) is 10.4 Å². The van der Waals surface area contributed by atoms with Crippen molar-refractivity contribution >= 4 is 22.2 Å². The van der Waals surface area contributed by atoms with E-state index in [9.17, 15) is 4.79 Å². The van der Waals surface area contributed by atoms with E-state index in [0.717, 1.165) is 30.0 Å². The van der Waals surface area contributed by atoms with E-state index < -0.39 is 0 Å². The highest BCUT2D eigenvalue weighted by atomic mass is 79.9. The van der Waals surface area contributed by atoms with E-state index in [-0.39, 0.29) is 5.92 Å². The molecule has 0 aliphatic carbocycles. The summed E-state index contributed by atoms with van der Waals surface area (Å²) in [6.07, 6.45) is 3.92. The number of aldehydes is 1. The first-order chi connectivity index (χ1) is 6.77. The summed E-state index contributed by atoms with van der Waals surface area (Å²) >= 11 is 3.50. The van der Waals surface area contributed by atoms with E-state index in [2.05, 4.69) is 28.9 Å². The highest BCUT2D eigenvalue weighted by Gasteiger charge is 2.05. The molecule has 1 rings (SSSR count). The molecule has 76 valence electrons. The number of hydrogen-bond acceptors (Lipinski definition) is 1. The number of carbonyl (C=O) groups is 1. The van der Waals surface area contributed by atoms with E-state index in [1.807, 2.05) is 18.2 Å². The smallest absolute Gasteiger partial charge is 0.123 e. The van der Waals surface area contributed by atoms with E-state index in [1.54, 1.807) is 0 Å². The second-order valence-electron chi connectivity index (χ2n) is 3.43. The molecule has 1 aromatic carbocycles. The zero-order valence-electron chi connectivity index (χ0n) is 8.37. The summed E-state index contributed by atoms with van der Waals surface area (Å²) in [5.74, 6) is 0.210. The molecular formula is C12H15BrO. The third-order valence-corrected chi connectivity index (χ3v) is 3.23. The molecule has 1 unspecified atom stereocenters. The largest absolute Gasteiger partial charge is 0.303 e. The first kappa shape index (κ1) is 11.4. The molecule has 0 aromatic heterocycles. The lowest BCUT2D eigenvalue weighted by atomic mass is 9.99. The van der Waals surface area contributed by atoms with Gasteiger partial charge in [0.1, 0.15) is 6.29 Å². The van der Waals surface area contributed by atoms with Crippen LogP contribution in [0.3, 0.4) is 0 Å². The summed E-state index contributed by atoms with van der Waals surface area (Å²) in [5.41, 5.74) is 1.28. The Kier molecular flexibility index (Phi) is 4.88. The van der Waals surface area contributed by atoms with Crippen molar-refractivity contribution in [2.45, 2.75) is 26.2 Å². The quantitative estimate of drug-likeness (QED) is 0.734. The van der Waals surface area contributed by atoms with Gasteiger partial charge in [0.25, 0.3) is 0 Å². The third-order valence-electron chi connectivity index (χ3n) is 2.46. The first-order valence-corrected chi connectivity index (χ1v) is 5.76. The summed E-state index contributed by atoms with van der Waals surface area (Å²) in [6.45, 7) is 2.05. The fraction of sp³-hybridized carbons (Fsp3) is 0.417. The number of rotatable bonds is 5. The van der Waals surface area contributed by atoms with Gasteiger partial charge in [0.15, 0.2) is 0 Å². The highest BCUT2D eigenvalue weighted by molar-refractivity contribution is 9.10. The Labute approximate surface area is 93.7 Å². The Morgan fingerprint density at radius 3 is 2.71 bits per heavy atom. The van der Waals surface area contributed by atoms with Crippen LogP contribution in [0.2, 0.25) is 0 Å². The molecule has 0 spiro atoms. The Hall–Kier alpha value is -0.630. The van der Waals surface area contributed by atoms with Gasteiger partial charge in [-0.25, -0.2) is 0 Å². The number of hydrogen-bond donors (Lipinski definition) is 0. The van der Waals surface area contributed by atoms with Gasteiger partial charge in [-0.3, -0.25) is 0 Å². The normalized spacial score (nSPS) is 12.4. The summed E-state index contributed by atoms with van der Waals surface area (Å²) in [4.78, 5) is 10.6. The zero-order chi connectivity index (χ0) is 10.4. The van der Waals surface area contributed by atoms with Crippen molar-refractivity contribution in [1.82, 2.24) is 0 Å². The van der Waals surface area contributed by atoms with Gasteiger partial charge >= 0.3 is 0 Å². The fourth-order valence-electron chi connectivity index (χ4n) is 1.41. The van der Waals surface area contributed by atoms with Crippen molar-refractivity contribution < 1.29 is 4.79 Å². The van der Waals surface area contributed by atoms with E-state index >= 15 is 0 Å². The lowest BCUT2D eigenvalue weighted by molar-refractivity contribution is -0.111. The van der Waals surface area contributed by atoms with Gasteiger partial charge < -0.3 is 4.79 Å². The molecule has 14 heavy (non-hydrogen) atoms. The van der Waals surface area contributed by atoms with Crippen LogP contribution in [0.15, 0.2) is 28.7 Å². The number of benzene rings is 1. The van der Waals surface area contributed by atoms with Crippen LogP contribution in [0.25, 0.3) is 0 Å². The molecule has 1 atom stereocenters. The lowest BCUT2D eigenvalue weighted by Gasteiger charge is -2.07. The van der Waals surface area contributed by atoms with E-state index in [1.165, 1.54) is 5.56 Å². The molecule has 0 amide bonds. The van der Waals surface area contributed by atoms with Gasteiger partial charge in [-0.15, -0.1) is 0 Å². The third kappa shape index (κ3) is 3.26. The molecule has 0 saturated carbocycles. The molecule has 1 nitrogen and oxygen atoms in total. The van der Waals surface area contributed by atoms with Crippen LogP contribution in [0, 0.1) is 5.92 Å². The number of carbonyl (C=O) groups excluding carboxylic acids is 1. The summed E-state index contributed by atoms with van der Waals surface area (Å²) in [6, 6.07) is 8.17. The van der Waals surface area contributed by atoms with Crippen LogP contribution in [0.5, 0.6) is 0 Å². The monoisotopic (exact) mass is 254 g/mol. The van der Waals surface area contributed by atoms with Crippen molar-refractivity contribution in [3.8, 4) is 0 Å². The van der Waals surface area contributed by atoms with Gasteiger partial charge in [-0.05, 0) is 30.9 Å². The van der Waals surface area contributed by atoms with Gasteiger partial charge in [-0.1, -0.05) is 41.1 Å². The van der Waals surface area contributed by atoms with Crippen molar-refractivity contribution in [2.75, 3.05) is 0 Å². The van der Waals surface area contributed by atoms with E-state index in [4.69, 9.17) is 0 Å². The SMILES string of the molecule is CCC(C=O)CCc1ccccc1Br. The average molecular weight is 255 g/mol. The average Bonchev–Trinajstić information content (AvgIpc) is 2.22. The Morgan fingerprint density at radius 2 is 2.14 bits per heavy atom. The minimum absolute atomic E-state index is 0.210. The maximum Gasteiger partial charge on any atom is 0.123 e. The minimum Gasteiger partial charge on any atom is -0.303 e. The van der Waals surface area contributed by atoms with E-state index in [0.29, 0.717) is 0 Å². The molecule has 0 N–H and O–H groups in total.